The molecule has 2 nitrogen and oxygen atoms in total. The van der Waals surface area contributed by atoms with Crippen LogP contribution in [0.15, 0.2) is 170 Å². The Labute approximate surface area is 288 Å². The molecule has 2 heteroatoms. The van der Waals surface area contributed by atoms with E-state index in [-0.39, 0.29) is 11.5 Å². The second-order valence-electron chi connectivity index (χ2n) is 13.1. The number of phenols is 2. The fourth-order valence-electron chi connectivity index (χ4n) is 8.14. The lowest BCUT2D eigenvalue weighted by atomic mass is 9.82. The molecule has 0 aliphatic carbocycles. The van der Waals surface area contributed by atoms with Crippen molar-refractivity contribution in [1.82, 2.24) is 0 Å². The Morgan fingerprint density at radius 1 is 0.240 bits per heavy atom. The molecule has 2 N–H and O–H groups in total. The number of fused-ring (bicyclic) bond motifs is 8. The van der Waals surface area contributed by atoms with E-state index in [0.29, 0.717) is 11.1 Å². The van der Waals surface area contributed by atoms with Gasteiger partial charge < -0.3 is 10.2 Å². The van der Waals surface area contributed by atoms with Crippen LogP contribution in [0.25, 0.3) is 98.0 Å². The van der Waals surface area contributed by atoms with Crippen LogP contribution in [0.4, 0.5) is 0 Å². The zero-order chi connectivity index (χ0) is 33.3. The highest BCUT2D eigenvalue weighted by Crippen LogP contribution is 2.54. The monoisotopic (exact) mass is 638 g/mol. The molecule has 0 saturated heterocycles. The topological polar surface area (TPSA) is 40.5 Å². The maximum Gasteiger partial charge on any atom is 0.132 e. The first-order valence-electron chi connectivity index (χ1n) is 17.0. The molecule has 0 atom stereocenters. The summed E-state index contributed by atoms with van der Waals surface area (Å²) in [6.07, 6.45) is 0. The third-order valence-electron chi connectivity index (χ3n) is 10.4. The summed E-state index contributed by atoms with van der Waals surface area (Å²) in [5.74, 6) is 0.291. The van der Waals surface area contributed by atoms with Gasteiger partial charge in [0.25, 0.3) is 0 Å². The van der Waals surface area contributed by atoms with E-state index < -0.39 is 0 Å². The van der Waals surface area contributed by atoms with Crippen LogP contribution >= 0.6 is 0 Å². The predicted molar refractivity (Wildman–Crippen MR) is 211 cm³/mol. The average molecular weight is 639 g/mol. The zero-order valence-electron chi connectivity index (χ0n) is 27.1. The van der Waals surface area contributed by atoms with Gasteiger partial charge >= 0.3 is 0 Å². The van der Waals surface area contributed by atoms with Crippen LogP contribution in [0.1, 0.15) is 0 Å². The highest BCUT2D eigenvalue weighted by molar-refractivity contribution is 6.20. The molecule has 0 radical (unpaired) electrons. The highest BCUT2D eigenvalue weighted by atomic mass is 16.3. The first-order chi connectivity index (χ1) is 24.7. The van der Waals surface area contributed by atoms with E-state index in [2.05, 4.69) is 121 Å². The third kappa shape index (κ3) is 4.15. The lowest BCUT2D eigenvalue weighted by Gasteiger charge is -2.22. The summed E-state index contributed by atoms with van der Waals surface area (Å²) in [5, 5.41) is 37.5. The van der Waals surface area contributed by atoms with Crippen molar-refractivity contribution in [3.8, 4) is 44.9 Å². The maximum atomic E-state index is 12.6. The minimum atomic E-state index is 0.146. The quantitative estimate of drug-likeness (QED) is 0.189. The first-order valence-corrected chi connectivity index (χ1v) is 17.0. The molecule has 0 fully saturated rings. The van der Waals surface area contributed by atoms with Gasteiger partial charge in [0.05, 0.1) is 0 Å². The lowest BCUT2D eigenvalue weighted by molar-refractivity contribution is 0.476. The first kappa shape index (κ1) is 28.4. The van der Waals surface area contributed by atoms with E-state index in [0.717, 1.165) is 76.1 Å². The maximum absolute atomic E-state index is 12.6. The predicted octanol–water partition coefficient (Wildman–Crippen LogP) is 13.0. The van der Waals surface area contributed by atoms with E-state index in [4.69, 9.17) is 0 Å². The van der Waals surface area contributed by atoms with Crippen molar-refractivity contribution in [1.29, 1.82) is 0 Å². The molecule has 0 amide bonds. The third-order valence-corrected chi connectivity index (χ3v) is 10.4. The number of aromatic hydroxyl groups is 2. The van der Waals surface area contributed by atoms with Crippen molar-refractivity contribution < 1.29 is 10.2 Å². The van der Waals surface area contributed by atoms with E-state index in [1.807, 2.05) is 48.5 Å². The van der Waals surface area contributed by atoms with Crippen molar-refractivity contribution >= 4 is 64.6 Å². The lowest BCUT2D eigenvalue weighted by Crippen LogP contribution is -1.95. The van der Waals surface area contributed by atoms with Crippen LogP contribution in [0.5, 0.6) is 11.5 Å². The number of phenolic OH excluding ortho intramolecular Hbond substituents is 2. The summed E-state index contributed by atoms with van der Waals surface area (Å²) in [6, 6.07) is 58.6. The molecule has 0 aromatic heterocycles. The van der Waals surface area contributed by atoms with Gasteiger partial charge in [-0.2, -0.15) is 0 Å². The van der Waals surface area contributed by atoms with E-state index in [9.17, 15) is 10.2 Å². The molecule has 0 saturated carbocycles. The van der Waals surface area contributed by atoms with Crippen molar-refractivity contribution in [3.05, 3.63) is 170 Å². The molecule has 50 heavy (non-hydrogen) atoms. The van der Waals surface area contributed by atoms with Gasteiger partial charge in [0, 0.05) is 21.9 Å². The molecule has 0 aliphatic rings. The molecule has 0 spiro atoms. The molecule has 0 unspecified atom stereocenters. The Hall–Kier alpha value is -6.64. The molecule has 0 bridgehead atoms. The molecular formula is C48H30O2. The van der Waals surface area contributed by atoms with Gasteiger partial charge in [-0.3, -0.25) is 0 Å². The van der Waals surface area contributed by atoms with Crippen LogP contribution in [0.3, 0.4) is 0 Å². The molecular weight excluding hydrogens is 609 g/mol. The molecule has 0 aliphatic heterocycles. The Balaban J connectivity index is 1.42. The fraction of sp³-hybridized carbons (Fsp3) is 0. The zero-order valence-corrected chi connectivity index (χ0v) is 27.1. The Morgan fingerprint density at radius 3 is 0.880 bits per heavy atom. The summed E-state index contributed by atoms with van der Waals surface area (Å²) in [6.45, 7) is 0. The van der Waals surface area contributed by atoms with Gasteiger partial charge in [-0.25, -0.2) is 0 Å². The Bertz CT molecular complexity index is 2800. The Kier molecular flexibility index (Phi) is 6.21. The second-order valence-corrected chi connectivity index (χ2v) is 13.1. The van der Waals surface area contributed by atoms with Crippen LogP contribution in [-0.2, 0) is 0 Å². The summed E-state index contributed by atoms with van der Waals surface area (Å²) in [7, 11) is 0. The van der Waals surface area contributed by atoms with Crippen LogP contribution < -0.4 is 0 Å². The van der Waals surface area contributed by atoms with Crippen LogP contribution in [0, 0.1) is 0 Å². The summed E-state index contributed by atoms with van der Waals surface area (Å²) >= 11 is 0. The van der Waals surface area contributed by atoms with Gasteiger partial charge in [-0.15, -0.1) is 0 Å². The minimum absolute atomic E-state index is 0.146. The molecule has 10 rings (SSSR count). The highest BCUT2D eigenvalue weighted by Gasteiger charge is 2.26. The van der Waals surface area contributed by atoms with Crippen molar-refractivity contribution in [2.45, 2.75) is 0 Å². The van der Waals surface area contributed by atoms with Crippen molar-refractivity contribution in [3.63, 3.8) is 0 Å². The molecule has 234 valence electrons. The van der Waals surface area contributed by atoms with Crippen molar-refractivity contribution in [2.24, 2.45) is 0 Å². The second kappa shape index (κ2) is 10.9. The minimum Gasteiger partial charge on any atom is -0.507 e. The summed E-state index contributed by atoms with van der Waals surface area (Å²) < 4.78 is 0. The standard InChI is InChI=1S/C48H30O2/c49-47-35-19-7-3-15-31(35)27-43(41-25-29-13-1-5-17-33(29)37-21-9-11-23-39(37)41)45(47)46-44(28-32-16-4-8-20-36(32)48(46)50)42-26-30-14-2-6-18-34(30)38-22-10-12-24-40(38)42/h1-28,49-50H. The Morgan fingerprint density at radius 2 is 0.500 bits per heavy atom. The van der Waals surface area contributed by atoms with Gasteiger partial charge in [0.15, 0.2) is 0 Å². The van der Waals surface area contributed by atoms with Gasteiger partial charge in [-0.05, 0) is 100 Å². The van der Waals surface area contributed by atoms with Gasteiger partial charge in [0.2, 0.25) is 0 Å². The van der Waals surface area contributed by atoms with E-state index in [1.165, 1.54) is 10.8 Å². The average Bonchev–Trinajstić information content (AvgIpc) is 3.17. The number of rotatable bonds is 3. The van der Waals surface area contributed by atoms with Gasteiger partial charge in [-0.1, -0.05) is 146 Å². The molecule has 10 aromatic rings. The molecule has 0 heterocycles. The normalized spacial score (nSPS) is 11.8. The fourth-order valence-corrected chi connectivity index (χ4v) is 8.14. The van der Waals surface area contributed by atoms with E-state index in [1.54, 1.807) is 0 Å². The smallest absolute Gasteiger partial charge is 0.132 e. The SMILES string of the molecule is Oc1c(-c2c(-c3cc4ccccc4c4ccccc34)cc3ccccc3c2O)c(-c2cc3ccccc3c3ccccc23)cc2ccccc12. The van der Waals surface area contributed by atoms with E-state index >= 15 is 0 Å². The molecule has 10 aromatic carbocycles. The van der Waals surface area contributed by atoms with Crippen LogP contribution in [-0.4, -0.2) is 10.2 Å². The largest absolute Gasteiger partial charge is 0.507 e. The summed E-state index contributed by atoms with van der Waals surface area (Å²) in [4.78, 5) is 0. The van der Waals surface area contributed by atoms with Crippen LogP contribution in [0.2, 0.25) is 0 Å². The van der Waals surface area contributed by atoms with Gasteiger partial charge in [0.1, 0.15) is 11.5 Å². The summed E-state index contributed by atoms with van der Waals surface area (Å²) in [5.41, 5.74) is 4.94. The number of hydrogen-bond acceptors (Lipinski definition) is 2. The van der Waals surface area contributed by atoms with Crippen molar-refractivity contribution in [2.75, 3.05) is 0 Å². The number of benzene rings is 10. The number of hydrogen-bond donors (Lipinski definition) is 2.